The largest absolute Gasteiger partial charge is 0.481 e. The average Bonchev–Trinajstić information content (AvgIpc) is 2.71. The van der Waals surface area contributed by atoms with Crippen LogP contribution in [0.25, 0.3) is 0 Å². The van der Waals surface area contributed by atoms with Crippen LogP contribution in [0.2, 0.25) is 0 Å². The molecular formula is C11H16N2O6S. The first kappa shape index (κ1) is 14.8. The number of carbonyl (C=O) groups is 3. The van der Waals surface area contributed by atoms with Crippen LogP contribution in [0.15, 0.2) is 0 Å². The van der Waals surface area contributed by atoms with Gasteiger partial charge < -0.3 is 15.3 Å². The molecule has 0 bridgehead atoms. The minimum Gasteiger partial charge on any atom is -0.481 e. The third-order valence-electron chi connectivity index (χ3n) is 3.56. The Morgan fingerprint density at radius 1 is 1.40 bits per heavy atom. The van der Waals surface area contributed by atoms with Gasteiger partial charge in [-0.25, -0.2) is 8.42 Å². The smallest absolute Gasteiger partial charge is 0.305 e. The van der Waals surface area contributed by atoms with E-state index in [0.717, 1.165) is 0 Å². The summed E-state index contributed by atoms with van der Waals surface area (Å²) >= 11 is 0. The van der Waals surface area contributed by atoms with E-state index in [2.05, 4.69) is 5.32 Å². The Morgan fingerprint density at radius 2 is 2.10 bits per heavy atom. The molecule has 0 aromatic rings. The van der Waals surface area contributed by atoms with Gasteiger partial charge >= 0.3 is 5.97 Å². The van der Waals surface area contributed by atoms with Gasteiger partial charge in [0.2, 0.25) is 11.8 Å². The van der Waals surface area contributed by atoms with E-state index in [1.807, 2.05) is 0 Å². The first-order chi connectivity index (χ1) is 9.30. The minimum absolute atomic E-state index is 0.0347. The third-order valence-corrected chi connectivity index (χ3v) is 5.33. The molecule has 9 heteroatoms. The minimum atomic E-state index is -3.20. The molecule has 2 aliphatic rings. The lowest BCUT2D eigenvalue weighted by atomic mass is 10.0. The molecule has 2 amide bonds. The van der Waals surface area contributed by atoms with Gasteiger partial charge in [0.15, 0.2) is 9.84 Å². The number of carboxylic acids is 1. The summed E-state index contributed by atoms with van der Waals surface area (Å²) in [6, 6.07) is -1.06. The zero-order valence-electron chi connectivity index (χ0n) is 10.7. The fraction of sp³-hybridized carbons (Fsp3) is 0.727. The Morgan fingerprint density at radius 3 is 2.65 bits per heavy atom. The summed E-state index contributed by atoms with van der Waals surface area (Å²) in [6.07, 6.45) is -0.240. The van der Waals surface area contributed by atoms with E-state index in [9.17, 15) is 22.8 Å². The lowest BCUT2D eigenvalue weighted by Gasteiger charge is -2.35. The van der Waals surface area contributed by atoms with E-state index in [4.69, 9.17) is 5.11 Å². The number of hydrogen-bond acceptors (Lipinski definition) is 5. The third kappa shape index (κ3) is 3.09. The van der Waals surface area contributed by atoms with Gasteiger partial charge in [-0.05, 0) is 6.42 Å². The molecule has 2 aliphatic heterocycles. The Kier molecular flexibility index (Phi) is 3.98. The molecule has 2 heterocycles. The molecule has 0 spiro atoms. The van der Waals surface area contributed by atoms with E-state index in [1.165, 1.54) is 4.90 Å². The van der Waals surface area contributed by atoms with Crippen molar-refractivity contribution < 1.29 is 27.9 Å². The second-order valence-electron chi connectivity index (χ2n) is 5.04. The van der Waals surface area contributed by atoms with Crippen molar-refractivity contribution in [1.29, 1.82) is 0 Å². The Labute approximate surface area is 116 Å². The maximum atomic E-state index is 12.3. The van der Waals surface area contributed by atoms with Crippen LogP contribution in [-0.2, 0) is 24.2 Å². The highest BCUT2D eigenvalue weighted by atomic mass is 32.2. The molecule has 0 aliphatic carbocycles. The van der Waals surface area contributed by atoms with Crippen LogP contribution in [0.1, 0.15) is 12.8 Å². The number of rotatable bonds is 3. The van der Waals surface area contributed by atoms with Crippen molar-refractivity contribution in [3.63, 3.8) is 0 Å². The van der Waals surface area contributed by atoms with Gasteiger partial charge in [-0.1, -0.05) is 0 Å². The number of amides is 2. The van der Waals surface area contributed by atoms with Crippen LogP contribution < -0.4 is 5.32 Å². The highest BCUT2D eigenvalue weighted by Gasteiger charge is 2.41. The SMILES string of the molecule is O=C(O)CC1C(=O)NCCN1C(=O)C1CCS(=O)(=O)C1. The molecular weight excluding hydrogens is 288 g/mol. The molecule has 2 saturated heterocycles. The van der Waals surface area contributed by atoms with Crippen LogP contribution in [0.4, 0.5) is 0 Å². The average molecular weight is 304 g/mol. The molecule has 2 rings (SSSR count). The van der Waals surface area contributed by atoms with Crippen molar-refractivity contribution in [2.75, 3.05) is 24.6 Å². The molecule has 0 radical (unpaired) electrons. The van der Waals surface area contributed by atoms with E-state index >= 15 is 0 Å². The zero-order valence-corrected chi connectivity index (χ0v) is 11.6. The standard InChI is InChI=1S/C11H16N2O6S/c14-9(15)5-8-10(16)12-2-3-13(8)11(17)7-1-4-20(18,19)6-7/h7-8H,1-6H2,(H,12,16)(H,14,15). The highest BCUT2D eigenvalue weighted by Crippen LogP contribution is 2.23. The molecule has 2 unspecified atom stereocenters. The quantitative estimate of drug-likeness (QED) is 0.636. The van der Waals surface area contributed by atoms with Crippen LogP contribution in [0, 0.1) is 5.92 Å². The fourth-order valence-electron chi connectivity index (χ4n) is 2.57. The molecule has 8 nitrogen and oxygen atoms in total. The van der Waals surface area contributed by atoms with Crippen molar-refractivity contribution >= 4 is 27.6 Å². The van der Waals surface area contributed by atoms with Gasteiger partial charge in [0.25, 0.3) is 0 Å². The van der Waals surface area contributed by atoms with E-state index in [1.54, 1.807) is 0 Å². The lowest BCUT2D eigenvalue weighted by Crippen LogP contribution is -2.59. The summed E-state index contributed by atoms with van der Waals surface area (Å²) in [5, 5.41) is 11.3. The number of sulfone groups is 1. The van der Waals surface area contributed by atoms with Gasteiger partial charge in [0.1, 0.15) is 6.04 Å². The maximum Gasteiger partial charge on any atom is 0.305 e. The van der Waals surface area contributed by atoms with E-state index in [0.29, 0.717) is 0 Å². The number of aliphatic carboxylic acids is 1. The topological polar surface area (TPSA) is 121 Å². The van der Waals surface area contributed by atoms with Crippen molar-refractivity contribution in [1.82, 2.24) is 10.2 Å². The van der Waals surface area contributed by atoms with Gasteiger partial charge in [-0.3, -0.25) is 14.4 Å². The Hall–Kier alpha value is -1.64. The van der Waals surface area contributed by atoms with Crippen molar-refractivity contribution in [3.8, 4) is 0 Å². The Balaban J connectivity index is 2.14. The van der Waals surface area contributed by atoms with E-state index in [-0.39, 0.29) is 31.0 Å². The van der Waals surface area contributed by atoms with Crippen molar-refractivity contribution in [2.24, 2.45) is 5.92 Å². The van der Waals surface area contributed by atoms with Gasteiger partial charge in [-0.15, -0.1) is 0 Å². The second kappa shape index (κ2) is 5.39. The van der Waals surface area contributed by atoms with Crippen LogP contribution in [0.5, 0.6) is 0 Å². The molecule has 2 atom stereocenters. The lowest BCUT2D eigenvalue weighted by molar-refractivity contribution is -0.150. The van der Waals surface area contributed by atoms with Crippen molar-refractivity contribution in [3.05, 3.63) is 0 Å². The molecule has 0 aromatic heterocycles. The number of hydrogen-bond donors (Lipinski definition) is 2. The molecule has 0 aromatic carbocycles. The van der Waals surface area contributed by atoms with Crippen LogP contribution >= 0.6 is 0 Å². The number of piperazine rings is 1. The Bertz CT molecular complexity index is 543. The van der Waals surface area contributed by atoms with Crippen LogP contribution in [0.3, 0.4) is 0 Å². The first-order valence-electron chi connectivity index (χ1n) is 6.30. The number of nitrogens with one attached hydrogen (secondary N) is 1. The first-order valence-corrected chi connectivity index (χ1v) is 8.13. The summed E-state index contributed by atoms with van der Waals surface area (Å²) in [5.74, 6) is -3.04. The highest BCUT2D eigenvalue weighted by molar-refractivity contribution is 7.91. The van der Waals surface area contributed by atoms with Crippen LogP contribution in [-0.4, -0.2) is 66.8 Å². The monoisotopic (exact) mass is 304 g/mol. The summed E-state index contributed by atoms with van der Waals surface area (Å²) in [5.41, 5.74) is 0. The predicted molar refractivity (Wildman–Crippen MR) is 67.5 cm³/mol. The summed E-state index contributed by atoms with van der Waals surface area (Å²) < 4.78 is 22.8. The molecule has 2 fully saturated rings. The second-order valence-corrected chi connectivity index (χ2v) is 7.27. The molecule has 20 heavy (non-hydrogen) atoms. The zero-order chi connectivity index (χ0) is 14.9. The van der Waals surface area contributed by atoms with Crippen molar-refractivity contribution in [2.45, 2.75) is 18.9 Å². The van der Waals surface area contributed by atoms with Gasteiger partial charge in [-0.2, -0.15) is 0 Å². The van der Waals surface area contributed by atoms with E-state index < -0.39 is 46.0 Å². The summed E-state index contributed by atoms with van der Waals surface area (Å²) in [6.45, 7) is 0.458. The normalized spacial score (nSPS) is 29.0. The van der Waals surface area contributed by atoms with Gasteiger partial charge in [0.05, 0.1) is 23.8 Å². The fourth-order valence-corrected chi connectivity index (χ4v) is 4.30. The summed E-state index contributed by atoms with van der Waals surface area (Å²) in [7, 11) is -3.20. The maximum absolute atomic E-state index is 12.3. The number of carbonyl (C=O) groups excluding carboxylic acids is 2. The summed E-state index contributed by atoms with van der Waals surface area (Å²) in [4.78, 5) is 36.0. The molecule has 2 N–H and O–H groups in total. The number of carboxylic acid groups (broad SMARTS) is 1. The predicted octanol–water partition coefficient (Wildman–Crippen LogP) is -1.78. The molecule has 0 saturated carbocycles. The van der Waals surface area contributed by atoms with Gasteiger partial charge in [0, 0.05) is 13.1 Å². The number of nitrogens with zero attached hydrogens (tertiary/aromatic N) is 1. The molecule has 112 valence electrons.